The summed E-state index contributed by atoms with van der Waals surface area (Å²) in [6.45, 7) is 3.74. The largest absolute Gasteiger partial charge is 0.508 e. The fourth-order valence-electron chi connectivity index (χ4n) is 2.93. The molecule has 2 heterocycles. The van der Waals surface area contributed by atoms with E-state index in [1.54, 1.807) is 6.07 Å². The Morgan fingerprint density at radius 1 is 1.28 bits per heavy atom. The summed E-state index contributed by atoms with van der Waals surface area (Å²) in [7, 11) is 0. The Balaban J connectivity index is 1.84. The third kappa shape index (κ3) is 2.67. The van der Waals surface area contributed by atoms with Crippen LogP contribution in [-0.2, 0) is 0 Å². The van der Waals surface area contributed by atoms with Gasteiger partial charge in [-0.05, 0) is 43.7 Å². The second-order valence-corrected chi connectivity index (χ2v) is 7.54. The first-order valence-corrected chi connectivity index (χ1v) is 9.02. The Labute approximate surface area is 153 Å². The summed E-state index contributed by atoms with van der Waals surface area (Å²) in [4.78, 5) is 13.1. The molecule has 3 N–H and O–H groups in total. The van der Waals surface area contributed by atoms with Crippen molar-refractivity contribution in [2.75, 3.05) is 10.4 Å². The molecule has 0 bridgehead atoms. The number of hydrogen-bond acceptors (Lipinski definition) is 5. The SMILES string of the molecule is Cc1ccc(NN2c3c(sc4ccc(Cl)cc34)C(=O)NC2C)cc1O. The van der Waals surface area contributed by atoms with E-state index in [9.17, 15) is 9.90 Å². The number of phenols is 1. The Hall–Kier alpha value is -2.44. The number of benzene rings is 2. The average molecular weight is 374 g/mol. The minimum Gasteiger partial charge on any atom is -0.508 e. The van der Waals surface area contributed by atoms with E-state index < -0.39 is 0 Å². The Morgan fingerprint density at radius 2 is 2.08 bits per heavy atom. The number of amides is 1. The highest BCUT2D eigenvalue weighted by molar-refractivity contribution is 7.21. The van der Waals surface area contributed by atoms with Gasteiger partial charge in [0, 0.05) is 21.2 Å². The molecule has 1 aromatic heterocycles. The van der Waals surface area contributed by atoms with Crippen LogP contribution in [-0.4, -0.2) is 17.2 Å². The number of nitrogens with one attached hydrogen (secondary N) is 2. The number of hydrazine groups is 1. The van der Waals surface area contributed by atoms with Crippen LogP contribution in [0, 0.1) is 6.92 Å². The number of hydrogen-bond donors (Lipinski definition) is 3. The molecule has 0 saturated heterocycles. The van der Waals surface area contributed by atoms with Crippen LogP contribution in [0.1, 0.15) is 22.2 Å². The van der Waals surface area contributed by atoms with Gasteiger partial charge in [-0.25, -0.2) is 0 Å². The minimum absolute atomic E-state index is 0.0929. The summed E-state index contributed by atoms with van der Waals surface area (Å²) in [5, 5.41) is 16.4. The first-order chi connectivity index (χ1) is 11.9. The number of fused-ring (bicyclic) bond motifs is 3. The maximum absolute atomic E-state index is 12.4. The topological polar surface area (TPSA) is 64.6 Å². The lowest BCUT2D eigenvalue weighted by Gasteiger charge is -2.36. The van der Waals surface area contributed by atoms with Crippen LogP contribution >= 0.6 is 22.9 Å². The van der Waals surface area contributed by atoms with Gasteiger partial charge in [-0.2, -0.15) is 0 Å². The molecule has 1 amide bonds. The molecule has 3 aromatic rings. The van der Waals surface area contributed by atoms with Crippen molar-refractivity contribution in [3.05, 3.63) is 51.9 Å². The maximum atomic E-state index is 12.4. The van der Waals surface area contributed by atoms with Gasteiger partial charge in [0.05, 0.1) is 11.4 Å². The number of aryl methyl sites for hydroxylation is 1. The van der Waals surface area contributed by atoms with Crippen LogP contribution in [0.2, 0.25) is 5.02 Å². The second-order valence-electron chi connectivity index (χ2n) is 6.05. The van der Waals surface area contributed by atoms with Crippen molar-refractivity contribution in [1.29, 1.82) is 0 Å². The maximum Gasteiger partial charge on any atom is 0.265 e. The van der Waals surface area contributed by atoms with E-state index in [0.717, 1.165) is 27.0 Å². The summed E-state index contributed by atoms with van der Waals surface area (Å²) >= 11 is 7.61. The third-order valence-electron chi connectivity index (χ3n) is 4.26. The van der Waals surface area contributed by atoms with E-state index in [2.05, 4.69) is 10.7 Å². The van der Waals surface area contributed by atoms with E-state index in [4.69, 9.17) is 11.6 Å². The number of carbonyl (C=O) groups is 1. The van der Waals surface area contributed by atoms with Crippen molar-refractivity contribution < 1.29 is 9.90 Å². The molecule has 0 radical (unpaired) electrons. The van der Waals surface area contributed by atoms with Gasteiger partial charge < -0.3 is 10.4 Å². The molecule has 25 heavy (non-hydrogen) atoms. The van der Waals surface area contributed by atoms with Gasteiger partial charge >= 0.3 is 0 Å². The smallest absolute Gasteiger partial charge is 0.265 e. The molecule has 0 spiro atoms. The number of phenolic OH excluding ortho intramolecular Hbond substituents is 1. The number of rotatable bonds is 2. The van der Waals surface area contributed by atoms with Gasteiger partial charge in [0.25, 0.3) is 5.91 Å². The number of carbonyl (C=O) groups excluding carboxylic acids is 1. The van der Waals surface area contributed by atoms with E-state index in [-0.39, 0.29) is 17.8 Å². The zero-order valence-corrected chi connectivity index (χ0v) is 15.2. The van der Waals surface area contributed by atoms with Gasteiger partial charge in [0.2, 0.25) is 0 Å². The fourth-order valence-corrected chi connectivity index (χ4v) is 4.18. The predicted octanol–water partition coefficient (Wildman–Crippen LogP) is 4.49. The summed E-state index contributed by atoms with van der Waals surface area (Å²) in [6.07, 6.45) is -0.264. The monoisotopic (exact) mass is 373 g/mol. The highest BCUT2D eigenvalue weighted by Gasteiger charge is 2.32. The fraction of sp³-hybridized carbons (Fsp3) is 0.167. The number of thiophene rings is 1. The number of anilines is 2. The van der Waals surface area contributed by atoms with Crippen LogP contribution < -0.4 is 15.8 Å². The summed E-state index contributed by atoms with van der Waals surface area (Å²) < 4.78 is 0.997. The van der Waals surface area contributed by atoms with Crippen molar-refractivity contribution in [3.63, 3.8) is 0 Å². The second kappa shape index (κ2) is 5.82. The highest BCUT2D eigenvalue weighted by atomic mass is 35.5. The van der Waals surface area contributed by atoms with Crippen LogP contribution in [0.5, 0.6) is 5.75 Å². The first kappa shape index (κ1) is 16.1. The summed E-state index contributed by atoms with van der Waals surface area (Å²) in [6, 6.07) is 11.0. The van der Waals surface area contributed by atoms with Crippen LogP contribution in [0.3, 0.4) is 0 Å². The van der Waals surface area contributed by atoms with Gasteiger partial charge in [0.15, 0.2) is 0 Å². The molecular formula is C18H16ClN3O2S. The number of nitrogens with zero attached hydrogens (tertiary/aromatic N) is 1. The summed E-state index contributed by atoms with van der Waals surface area (Å²) in [5.74, 6) is 0.127. The van der Waals surface area contributed by atoms with Crippen molar-refractivity contribution >= 4 is 50.3 Å². The first-order valence-electron chi connectivity index (χ1n) is 7.82. The van der Waals surface area contributed by atoms with Crippen molar-refractivity contribution in [1.82, 2.24) is 5.32 Å². The molecule has 2 aromatic carbocycles. The summed E-state index contributed by atoms with van der Waals surface area (Å²) in [5.41, 5.74) is 5.64. The van der Waals surface area contributed by atoms with E-state index in [1.807, 2.05) is 49.2 Å². The molecule has 1 aliphatic rings. The lowest BCUT2D eigenvalue weighted by atomic mass is 10.1. The standard InChI is InChI=1S/C18H16ClN3O2S/c1-9-3-5-12(8-14(9)23)21-22-10(2)20-18(24)17-16(22)13-7-11(19)4-6-15(13)25-17/h3-8,10,21,23H,1-2H3,(H,20,24). The van der Waals surface area contributed by atoms with Gasteiger partial charge in [-0.3, -0.25) is 15.2 Å². The lowest BCUT2D eigenvalue weighted by Crippen LogP contribution is -2.53. The molecule has 128 valence electrons. The quantitative estimate of drug-likeness (QED) is 0.619. The molecule has 0 saturated carbocycles. The van der Waals surface area contributed by atoms with Crippen molar-refractivity contribution in [3.8, 4) is 5.75 Å². The predicted molar refractivity (Wildman–Crippen MR) is 103 cm³/mol. The molecule has 5 nitrogen and oxygen atoms in total. The molecule has 7 heteroatoms. The Kier molecular flexibility index (Phi) is 3.74. The molecule has 4 rings (SSSR count). The zero-order chi connectivity index (χ0) is 17.7. The van der Waals surface area contributed by atoms with Gasteiger partial charge in [-0.1, -0.05) is 17.7 Å². The molecule has 1 aliphatic heterocycles. The van der Waals surface area contributed by atoms with E-state index >= 15 is 0 Å². The third-order valence-corrected chi connectivity index (χ3v) is 5.65. The zero-order valence-electron chi connectivity index (χ0n) is 13.6. The van der Waals surface area contributed by atoms with Crippen LogP contribution in [0.25, 0.3) is 10.1 Å². The van der Waals surface area contributed by atoms with E-state index in [1.165, 1.54) is 11.3 Å². The molecule has 0 aliphatic carbocycles. The molecule has 0 fully saturated rings. The van der Waals surface area contributed by atoms with Gasteiger partial charge in [0.1, 0.15) is 16.8 Å². The van der Waals surface area contributed by atoms with Gasteiger partial charge in [-0.15, -0.1) is 11.3 Å². The Morgan fingerprint density at radius 3 is 2.84 bits per heavy atom. The van der Waals surface area contributed by atoms with E-state index in [0.29, 0.717) is 9.90 Å². The molecule has 1 unspecified atom stereocenters. The van der Waals surface area contributed by atoms with Crippen LogP contribution in [0.4, 0.5) is 11.4 Å². The Bertz CT molecular complexity index is 1000. The molecular weight excluding hydrogens is 358 g/mol. The molecule has 1 atom stereocenters. The minimum atomic E-state index is -0.264. The van der Waals surface area contributed by atoms with Crippen LogP contribution in [0.15, 0.2) is 36.4 Å². The number of halogens is 1. The lowest BCUT2D eigenvalue weighted by molar-refractivity contribution is 0.0937. The normalized spacial score (nSPS) is 16.7. The number of aromatic hydroxyl groups is 1. The highest BCUT2D eigenvalue weighted by Crippen LogP contribution is 2.42. The van der Waals surface area contributed by atoms with Crippen molar-refractivity contribution in [2.45, 2.75) is 20.0 Å². The average Bonchev–Trinajstić information content (AvgIpc) is 2.94. The van der Waals surface area contributed by atoms with Crippen molar-refractivity contribution in [2.24, 2.45) is 0 Å².